The van der Waals surface area contributed by atoms with Crippen LogP contribution in [0, 0.1) is 0 Å². The number of carbonyl (C=O) groups excluding carboxylic acids is 2. The molecule has 2 aliphatic heterocycles. The van der Waals surface area contributed by atoms with Gasteiger partial charge in [-0.2, -0.15) is 0 Å². The predicted octanol–water partition coefficient (Wildman–Crippen LogP) is 1.70. The van der Waals surface area contributed by atoms with Gasteiger partial charge < -0.3 is 4.74 Å². The van der Waals surface area contributed by atoms with Crippen molar-refractivity contribution in [3.8, 4) is 0 Å². The van der Waals surface area contributed by atoms with Crippen molar-refractivity contribution in [3.05, 3.63) is 29.8 Å². The molecule has 4 heteroatoms. The molecule has 1 aromatic rings. The van der Waals surface area contributed by atoms with E-state index in [0.717, 1.165) is 12.8 Å². The normalized spacial score (nSPS) is 23.5. The van der Waals surface area contributed by atoms with E-state index in [0.29, 0.717) is 17.7 Å². The highest BCUT2D eigenvalue weighted by atomic mass is 16.6. The number of nitrogens with zero attached hydrogens (tertiary/aromatic N) is 1. The van der Waals surface area contributed by atoms with Gasteiger partial charge >= 0.3 is 5.97 Å². The highest BCUT2D eigenvalue weighted by Crippen LogP contribution is 2.34. The summed E-state index contributed by atoms with van der Waals surface area (Å²) < 4.78 is 5.25. The first kappa shape index (κ1) is 9.39. The molecule has 0 saturated carbocycles. The van der Waals surface area contributed by atoms with E-state index in [1.807, 2.05) is 6.07 Å². The maximum atomic E-state index is 11.8. The van der Waals surface area contributed by atoms with Crippen molar-refractivity contribution in [2.24, 2.45) is 0 Å². The summed E-state index contributed by atoms with van der Waals surface area (Å²) in [5.41, 5.74) is 1.17. The molecule has 1 aromatic carbocycles. The lowest BCUT2D eigenvalue weighted by atomic mass is 10.0. The Balaban J connectivity index is 2.13. The van der Waals surface area contributed by atoms with Gasteiger partial charge in [-0.3, -0.25) is 9.69 Å². The quantitative estimate of drug-likeness (QED) is 0.621. The largest absolute Gasteiger partial charge is 0.437 e. The van der Waals surface area contributed by atoms with Crippen LogP contribution in [0.1, 0.15) is 29.6 Å². The summed E-state index contributed by atoms with van der Waals surface area (Å²) in [7, 11) is 0. The van der Waals surface area contributed by atoms with Gasteiger partial charge in [0.15, 0.2) is 6.23 Å². The first-order valence-corrected chi connectivity index (χ1v) is 5.39. The zero-order valence-electron chi connectivity index (χ0n) is 8.68. The smallest absolute Gasteiger partial charge is 0.342 e. The van der Waals surface area contributed by atoms with Crippen LogP contribution in [0.5, 0.6) is 0 Å². The fraction of sp³-hybridized carbons (Fsp3) is 0.333. The van der Waals surface area contributed by atoms with Crippen molar-refractivity contribution in [1.82, 2.24) is 0 Å². The van der Waals surface area contributed by atoms with Gasteiger partial charge in [-0.25, -0.2) is 4.79 Å². The molecule has 1 amide bonds. The molecule has 0 N–H and O–H groups in total. The van der Waals surface area contributed by atoms with Crippen LogP contribution in [-0.2, 0) is 9.53 Å². The standard InChI is InChI=1S/C12H11NO3/c14-10-6-3-7-11-13(10)9-5-2-1-4-8(9)12(15)16-11/h1-2,4-5,11H,3,6-7H2/t11-/m0/s1. The van der Waals surface area contributed by atoms with Crippen molar-refractivity contribution in [1.29, 1.82) is 0 Å². The van der Waals surface area contributed by atoms with E-state index in [1.165, 1.54) is 0 Å². The third-order valence-electron chi connectivity index (χ3n) is 3.02. The molecule has 2 aliphatic rings. The summed E-state index contributed by atoms with van der Waals surface area (Å²) in [5.74, 6) is -0.289. The number of para-hydroxylation sites is 1. The number of carbonyl (C=O) groups is 2. The number of hydrogen-bond acceptors (Lipinski definition) is 3. The Bertz CT molecular complexity index is 469. The number of esters is 1. The first-order valence-electron chi connectivity index (χ1n) is 5.39. The van der Waals surface area contributed by atoms with E-state index in [-0.39, 0.29) is 11.9 Å². The monoisotopic (exact) mass is 217 g/mol. The molecule has 16 heavy (non-hydrogen) atoms. The van der Waals surface area contributed by atoms with Gasteiger partial charge in [0.2, 0.25) is 5.91 Å². The van der Waals surface area contributed by atoms with Gasteiger partial charge in [0, 0.05) is 12.8 Å². The van der Waals surface area contributed by atoms with E-state index in [9.17, 15) is 9.59 Å². The Morgan fingerprint density at radius 3 is 2.94 bits per heavy atom. The van der Waals surface area contributed by atoms with E-state index in [1.54, 1.807) is 23.1 Å². The summed E-state index contributed by atoms with van der Waals surface area (Å²) in [5, 5.41) is 0. The van der Waals surface area contributed by atoms with Crippen LogP contribution in [0.2, 0.25) is 0 Å². The zero-order valence-corrected chi connectivity index (χ0v) is 8.68. The van der Waals surface area contributed by atoms with Crippen LogP contribution in [0.4, 0.5) is 5.69 Å². The fourth-order valence-electron chi connectivity index (χ4n) is 2.28. The highest BCUT2D eigenvalue weighted by molar-refractivity contribution is 6.05. The minimum absolute atomic E-state index is 0.0381. The first-order chi connectivity index (χ1) is 7.77. The van der Waals surface area contributed by atoms with Gasteiger partial charge in [0.1, 0.15) is 0 Å². The van der Waals surface area contributed by atoms with Crippen LogP contribution < -0.4 is 4.90 Å². The third-order valence-corrected chi connectivity index (χ3v) is 3.02. The van der Waals surface area contributed by atoms with Crippen molar-refractivity contribution in [2.75, 3.05) is 4.90 Å². The highest BCUT2D eigenvalue weighted by Gasteiger charge is 2.38. The SMILES string of the molecule is O=C1O[C@H]2CCCC(=O)N2c2ccccc21. The Morgan fingerprint density at radius 2 is 2.06 bits per heavy atom. The van der Waals surface area contributed by atoms with Gasteiger partial charge in [-0.15, -0.1) is 0 Å². The van der Waals surface area contributed by atoms with E-state index in [2.05, 4.69) is 0 Å². The van der Waals surface area contributed by atoms with Crippen molar-refractivity contribution in [2.45, 2.75) is 25.5 Å². The van der Waals surface area contributed by atoms with E-state index >= 15 is 0 Å². The predicted molar refractivity (Wildman–Crippen MR) is 57.0 cm³/mol. The molecule has 0 aliphatic carbocycles. The Hall–Kier alpha value is -1.84. The molecule has 1 saturated heterocycles. The number of rotatable bonds is 0. The number of anilines is 1. The number of amides is 1. The average molecular weight is 217 g/mol. The van der Waals surface area contributed by atoms with Crippen molar-refractivity contribution in [3.63, 3.8) is 0 Å². The summed E-state index contributed by atoms with van der Waals surface area (Å²) in [6, 6.07) is 7.09. The number of piperidine rings is 1. The molecule has 0 unspecified atom stereocenters. The average Bonchev–Trinajstić information content (AvgIpc) is 2.29. The maximum absolute atomic E-state index is 11.8. The van der Waals surface area contributed by atoms with Gasteiger partial charge in [-0.1, -0.05) is 12.1 Å². The molecule has 1 atom stereocenters. The molecule has 0 spiro atoms. The van der Waals surface area contributed by atoms with E-state index < -0.39 is 6.23 Å². The third kappa shape index (κ3) is 1.23. The Labute approximate surface area is 92.8 Å². The van der Waals surface area contributed by atoms with Gasteiger partial charge in [0.25, 0.3) is 0 Å². The summed E-state index contributed by atoms with van der Waals surface area (Å²) in [6.45, 7) is 0. The molecule has 82 valence electrons. The van der Waals surface area contributed by atoms with Gasteiger partial charge in [-0.05, 0) is 18.6 Å². The molecular formula is C12H11NO3. The molecule has 4 nitrogen and oxygen atoms in total. The Kier molecular flexibility index (Phi) is 1.96. The van der Waals surface area contributed by atoms with Crippen LogP contribution in [0.3, 0.4) is 0 Å². The minimum Gasteiger partial charge on any atom is -0.437 e. The lowest BCUT2D eigenvalue weighted by Gasteiger charge is -2.38. The zero-order chi connectivity index (χ0) is 11.1. The van der Waals surface area contributed by atoms with Crippen LogP contribution in [0.25, 0.3) is 0 Å². The fourth-order valence-corrected chi connectivity index (χ4v) is 2.28. The van der Waals surface area contributed by atoms with Gasteiger partial charge in [0.05, 0.1) is 11.3 Å². The van der Waals surface area contributed by atoms with Crippen LogP contribution >= 0.6 is 0 Å². The molecule has 0 aromatic heterocycles. The molecule has 0 radical (unpaired) electrons. The molecule has 0 bridgehead atoms. The molecule has 1 fully saturated rings. The number of hydrogen-bond donors (Lipinski definition) is 0. The lowest BCUT2D eigenvalue weighted by Crippen LogP contribution is -2.49. The summed E-state index contributed by atoms with van der Waals surface area (Å²) >= 11 is 0. The molecular weight excluding hydrogens is 206 g/mol. The maximum Gasteiger partial charge on any atom is 0.342 e. The number of fused-ring (bicyclic) bond motifs is 3. The van der Waals surface area contributed by atoms with E-state index in [4.69, 9.17) is 4.74 Å². The van der Waals surface area contributed by atoms with Crippen LogP contribution in [-0.4, -0.2) is 18.1 Å². The molecule has 2 heterocycles. The molecule has 3 rings (SSSR count). The summed E-state index contributed by atoms with van der Waals surface area (Å²) in [6.07, 6.45) is 1.65. The van der Waals surface area contributed by atoms with Crippen molar-refractivity contribution < 1.29 is 14.3 Å². The minimum atomic E-state index is -0.399. The Morgan fingerprint density at radius 1 is 1.25 bits per heavy atom. The lowest BCUT2D eigenvalue weighted by molar-refractivity contribution is -0.123. The number of ether oxygens (including phenoxy) is 1. The van der Waals surface area contributed by atoms with Crippen molar-refractivity contribution >= 4 is 17.6 Å². The number of benzene rings is 1. The van der Waals surface area contributed by atoms with Crippen LogP contribution in [0.15, 0.2) is 24.3 Å². The topological polar surface area (TPSA) is 46.6 Å². The second kappa shape index (κ2) is 3.33. The second-order valence-electron chi connectivity index (χ2n) is 4.03. The second-order valence-corrected chi connectivity index (χ2v) is 4.03. The summed E-state index contributed by atoms with van der Waals surface area (Å²) in [4.78, 5) is 25.1.